The zero-order valence-electron chi connectivity index (χ0n) is 10.4. The van der Waals surface area contributed by atoms with Crippen LogP contribution in [0.1, 0.15) is 5.56 Å². The predicted octanol–water partition coefficient (Wildman–Crippen LogP) is 0.622. The normalized spacial score (nSPS) is 10.6. The summed E-state index contributed by atoms with van der Waals surface area (Å²) >= 11 is 0. The van der Waals surface area contributed by atoms with E-state index in [4.69, 9.17) is 5.73 Å². The third-order valence-corrected chi connectivity index (χ3v) is 2.80. The van der Waals surface area contributed by atoms with E-state index in [1.54, 1.807) is 25.1 Å². The molecule has 0 fully saturated rings. The molecule has 5 nitrogen and oxygen atoms in total. The van der Waals surface area contributed by atoms with Crippen LogP contribution < -0.4 is 16.2 Å². The molecule has 0 bridgehead atoms. The molecule has 2 rings (SSSR count). The van der Waals surface area contributed by atoms with Crippen molar-refractivity contribution in [2.45, 2.75) is 6.42 Å². The third-order valence-electron chi connectivity index (χ3n) is 2.80. The maximum atomic E-state index is 12.0. The predicted molar refractivity (Wildman–Crippen MR) is 71.8 cm³/mol. The first-order chi connectivity index (χ1) is 8.50. The topological polar surface area (TPSA) is 79.2 Å². The molecule has 0 saturated heterocycles. The van der Waals surface area contributed by atoms with Gasteiger partial charge in [-0.3, -0.25) is 9.59 Å². The monoisotopic (exact) mass is 245 g/mol. The number of anilines is 1. The van der Waals surface area contributed by atoms with E-state index in [-0.39, 0.29) is 12.0 Å². The number of amides is 1. The number of para-hydroxylation sites is 1. The van der Waals surface area contributed by atoms with E-state index in [1.807, 2.05) is 18.2 Å². The third kappa shape index (κ3) is 2.07. The summed E-state index contributed by atoms with van der Waals surface area (Å²) in [5.41, 5.74) is 6.92. The van der Waals surface area contributed by atoms with Crippen molar-refractivity contribution in [1.82, 2.24) is 4.98 Å². The largest absolute Gasteiger partial charge is 0.373 e. The molecular formula is C13H15N3O2. The number of pyridine rings is 1. The summed E-state index contributed by atoms with van der Waals surface area (Å²) in [6.45, 7) is 0. The number of H-pyrrole nitrogens is 1. The summed E-state index contributed by atoms with van der Waals surface area (Å²) in [7, 11) is 3.54. The molecule has 0 aliphatic carbocycles. The van der Waals surface area contributed by atoms with Crippen molar-refractivity contribution in [1.29, 1.82) is 0 Å². The Kier molecular flexibility index (Phi) is 3.06. The molecule has 18 heavy (non-hydrogen) atoms. The summed E-state index contributed by atoms with van der Waals surface area (Å²) in [5, 5.41) is 0.847. The van der Waals surface area contributed by atoms with E-state index in [0.29, 0.717) is 16.8 Å². The number of fused-ring (bicyclic) bond motifs is 1. The molecule has 1 aromatic heterocycles. The van der Waals surface area contributed by atoms with Crippen molar-refractivity contribution in [3.63, 3.8) is 0 Å². The molecule has 5 heteroatoms. The van der Waals surface area contributed by atoms with Crippen LogP contribution in [0.3, 0.4) is 0 Å². The molecule has 0 saturated carbocycles. The maximum absolute atomic E-state index is 12.0. The molecule has 0 aliphatic heterocycles. The fourth-order valence-corrected chi connectivity index (χ4v) is 2.13. The van der Waals surface area contributed by atoms with Gasteiger partial charge in [-0.2, -0.15) is 0 Å². The van der Waals surface area contributed by atoms with Crippen LogP contribution in [0.5, 0.6) is 0 Å². The number of carbonyl (C=O) groups excluding carboxylic acids is 1. The molecule has 1 heterocycles. The highest BCUT2D eigenvalue weighted by molar-refractivity contribution is 5.91. The van der Waals surface area contributed by atoms with E-state index < -0.39 is 5.91 Å². The average Bonchev–Trinajstić information content (AvgIpc) is 2.27. The quantitative estimate of drug-likeness (QED) is 0.832. The van der Waals surface area contributed by atoms with Crippen molar-refractivity contribution < 1.29 is 4.79 Å². The number of hydrogen-bond donors (Lipinski definition) is 2. The Labute approximate surface area is 104 Å². The van der Waals surface area contributed by atoms with Crippen molar-refractivity contribution in [3.8, 4) is 0 Å². The lowest BCUT2D eigenvalue weighted by atomic mass is 10.0. The minimum Gasteiger partial charge on any atom is -0.373 e. The molecule has 0 atom stereocenters. The molecule has 0 aliphatic rings. The van der Waals surface area contributed by atoms with E-state index in [9.17, 15) is 9.59 Å². The Morgan fingerprint density at radius 2 is 2.00 bits per heavy atom. The smallest absolute Gasteiger partial charge is 0.272 e. The highest BCUT2D eigenvalue weighted by Crippen LogP contribution is 2.23. The van der Waals surface area contributed by atoms with Crippen molar-refractivity contribution in [3.05, 3.63) is 40.2 Å². The second kappa shape index (κ2) is 4.52. The zero-order chi connectivity index (χ0) is 13.3. The second-order valence-corrected chi connectivity index (χ2v) is 4.36. The van der Waals surface area contributed by atoms with E-state index in [2.05, 4.69) is 4.98 Å². The maximum Gasteiger partial charge on any atom is 0.272 e. The lowest BCUT2D eigenvalue weighted by Crippen LogP contribution is -2.25. The first kappa shape index (κ1) is 12.2. The number of hydrogen-bond acceptors (Lipinski definition) is 3. The van der Waals surface area contributed by atoms with Gasteiger partial charge in [0.2, 0.25) is 5.91 Å². The summed E-state index contributed by atoms with van der Waals surface area (Å²) in [5.74, 6) is -0.450. The molecule has 94 valence electrons. The Bertz CT molecular complexity index is 659. The Hall–Kier alpha value is -2.30. The standard InChI is InChI=1S/C13H15N3O2/c1-16(2)12-9(7-11(14)17)8-5-3-4-6-10(8)15-13(12)18/h3-6H,7H2,1-2H3,(H2,14,17)(H,15,18). The number of aromatic amines is 1. The lowest BCUT2D eigenvalue weighted by molar-refractivity contribution is -0.117. The van der Waals surface area contributed by atoms with E-state index in [0.717, 1.165) is 5.39 Å². The van der Waals surface area contributed by atoms with Gasteiger partial charge in [0.15, 0.2) is 0 Å². The van der Waals surface area contributed by atoms with Crippen LogP contribution in [0.4, 0.5) is 5.69 Å². The molecule has 0 radical (unpaired) electrons. The van der Waals surface area contributed by atoms with Crippen LogP contribution in [0.2, 0.25) is 0 Å². The Morgan fingerprint density at radius 1 is 1.33 bits per heavy atom. The van der Waals surface area contributed by atoms with Gasteiger partial charge in [-0.25, -0.2) is 0 Å². The van der Waals surface area contributed by atoms with Gasteiger partial charge in [-0.1, -0.05) is 18.2 Å². The van der Waals surface area contributed by atoms with E-state index >= 15 is 0 Å². The van der Waals surface area contributed by atoms with Gasteiger partial charge in [-0.15, -0.1) is 0 Å². The number of nitrogens with zero attached hydrogens (tertiary/aromatic N) is 1. The van der Waals surface area contributed by atoms with Gasteiger partial charge in [0, 0.05) is 25.0 Å². The molecule has 0 spiro atoms. The summed E-state index contributed by atoms with van der Waals surface area (Å²) in [6, 6.07) is 7.38. The van der Waals surface area contributed by atoms with Gasteiger partial charge in [0.1, 0.15) is 5.69 Å². The minimum absolute atomic E-state index is 0.0535. The molecule has 1 amide bonds. The van der Waals surface area contributed by atoms with Crippen LogP contribution in [-0.2, 0) is 11.2 Å². The summed E-state index contributed by atoms with van der Waals surface area (Å²) in [4.78, 5) is 27.7. The van der Waals surface area contributed by atoms with Crippen LogP contribution >= 0.6 is 0 Å². The number of rotatable bonds is 3. The molecule has 3 N–H and O–H groups in total. The summed E-state index contributed by atoms with van der Waals surface area (Å²) < 4.78 is 0. The molecule has 2 aromatic rings. The van der Waals surface area contributed by atoms with Gasteiger partial charge < -0.3 is 15.6 Å². The Balaban J connectivity index is 2.84. The minimum atomic E-state index is -0.450. The van der Waals surface area contributed by atoms with Crippen LogP contribution in [0, 0.1) is 0 Å². The highest BCUT2D eigenvalue weighted by atomic mass is 16.1. The molecular weight excluding hydrogens is 230 g/mol. The number of carbonyl (C=O) groups is 1. The average molecular weight is 245 g/mol. The molecule has 1 aromatic carbocycles. The van der Waals surface area contributed by atoms with Gasteiger partial charge in [0.25, 0.3) is 5.56 Å². The van der Waals surface area contributed by atoms with Crippen LogP contribution in [0.25, 0.3) is 10.9 Å². The Morgan fingerprint density at radius 3 is 2.61 bits per heavy atom. The number of primary amides is 1. The first-order valence-corrected chi connectivity index (χ1v) is 5.60. The molecule has 0 unspecified atom stereocenters. The highest BCUT2D eigenvalue weighted by Gasteiger charge is 2.15. The van der Waals surface area contributed by atoms with Crippen molar-refractivity contribution >= 4 is 22.5 Å². The fourth-order valence-electron chi connectivity index (χ4n) is 2.13. The zero-order valence-corrected chi connectivity index (χ0v) is 10.4. The SMILES string of the molecule is CN(C)c1c(CC(N)=O)c2ccccc2[nH]c1=O. The lowest BCUT2D eigenvalue weighted by Gasteiger charge is -2.17. The van der Waals surface area contributed by atoms with Crippen molar-refractivity contribution in [2.24, 2.45) is 5.73 Å². The second-order valence-electron chi connectivity index (χ2n) is 4.36. The fraction of sp³-hybridized carbons (Fsp3) is 0.231. The van der Waals surface area contributed by atoms with Crippen molar-refractivity contribution in [2.75, 3.05) is 19.0 Å². The number of nitrogens with one attached hydrogen (secondary N) is 1. The van der Waals surface area contributed by atoms with Gasteiger partial charge >= 0.3 is 0 Å². The first-order valence-electron chi connectivity index (χ1n) is 5.60. The number of nitrogens with two attached hydrogens (primary N) is 1. The van der Waals surface area contributed by atoms with Gasteiger partial charge in [-0.05, 0) is 11.6 Å². The van der Waals surface area contributed by atoms with Crippen LogP contribution in [0.15, 0.2) is 29.1 Å². The number of aromatic nitrogens is 1. The number of benzene rings is 1. The van der Waals surface area contributed by atoms with Crippen LogP contribution in [-0.4, -0.2) is 25.0 Å². The van der Waals surface area contributed by atoms with Gasteiger partial charge in [0.05, 0.1) is 6.42 Å². The summed E-state index contributed by atoms with van der Waals surface area (Å²) in [6.07, 6.45) is 0.0535. The van der Waals surface area contributed by atoms with E-state index in [1.165, 1.54) is 0 Å².